The lowest BCUT2D eigenvalue weighted by Crippen LogP contribution is -2.30. The summed E-state index contributed by atoms with van der Waals surface area (Å²) in [6, 6.07) is 14.9. The number of methoxy groups -OCH3 is 1. The maximum absolute atomic E-state index is 5.51. The molecule has 1 atom stereocenters. The lowest BCUT2D eigenvalue weighted by molar-refractivity contribution is 0.340. The van der Waals surface area contributed by atoms with E-state index in [0.29, 0.717) is 6.61 Å². The molecule has 2 aromatic rings. The minimum atomic E-state index is 0.222. The van der Waals surface area contributed by atoms with Gasteiger partial charge in [-0.2, -0.15) is 0 Å². The van der Waals surface area contributed by atoms with Gasteiger partial charge in [-0.25, -0.2) is 0 Å². The Morgan fingerprint density at radius 2 is 1.86 bits per heavy atom. The van der Waals surface area contributed by atoms with E-state index in [9.17, 15) is 0 Å². The number of rotatable bonds is 4. The number of benzene rings is 2. The fourth-order valence-electron chi connectivity index (χ4n) is 2.88. The molecular weight excluding hydrogens is 262 g/mol. The Bertz CT molecular complexity index is 607. The first-order valence-electron chi connectivity index (χ1n) is 7.44. The minimum Gasteiger partial charge on any atom is -0.497 e. The molecule has 0 aromatic heterocycles. The maximum Gasteiger partial charge on any atom is 0.119 e. The molecule has 110 valence electrons. The van der Waals surface area contributed by atoms with Crippen molar-refractivity contribution in [1.82, 2.24) is 5.32 Å². The van der Waals surface area contributed by atoms with Gasteiger partial charge in [-0.15, -0.1) is 0 Å². The van der Waals surface area contributed by atoms with Gasteiger partial charge in [0.2, 0.25) is 0 Å². The Balaban J connectivity index is 1.93. The molecule has 21 heavy (non-hydrogen) atoms. The highest BCUT2D eigenvalue weighted by Crippen LogP contribution is 2.32. The van der Waals surface area contributed by atoms with Crippen LogP contribution >= 0.6 is 0 Å². The van der Waals surface area contributed by atoms with Gasteiger partial charge in [0, 0.05) is 6.54 Å². The van der Waals surface area contributed by atoms with Crippen LogP contribution in [0.15, 0.2) is 42.5 Å². The summed E-state index contributed by atoms with van der Waals surface area (Å²) in [7, 11) is 1.71. The fourth-order valence-corrected chi connectivity index (χ4v) is 2.88. The molecule has 0 amide bonds. The van der Waals surface area contributed by atoms with Crippen LogP contribution in [0.4, 0.5) is 0 Å². The summed E-state index contributed by atoms with van der Waals surface area (Å²) in [6.07, 6.45) is 1.06. The Labute approximate surface area is 125 Å². The van der Waals surface area contributed by atoms with Crippen molar-refractivity contribution in [2.24, 2.45) is 0 Å². The van der Waals surface area contributed by atoms with Crippen molar-refractivity contribution in [2.45, 2.75) is 19.4 Å². The van der Waals surface area contributed by atoms with Gasteiger partial charge in [0.15, 0.2) is 0 Å². The maximum atomic E-state index is 5.51. The van der Waals surface area contributed by atoms with Crippen LogP contribution in [0.25, 0.3) is 0 Å². The molecule has 1 heterocycles. The van der Waals surface area contributed by atoms with Crippen LogP contribution in [-0.4, -0.2) is 20.3 Å². The second-order valence-corrected chi connectivity index (χ2v) is 5.20. The zero-order chi connectivity index (χ0) is 14.7. The van der Waals surface area contributed by atoms with E-state index in [4.69, 9.17) is 9.47 Å². The Morgan fingerprint density at radius 3 is 2.57 bits per heavy atom. The third-order valence-electron chi connectivity index (χ3n) is 3.93. The van der Waals surface area contributed by atoms with Crippen molar-refractivity contribution in [3.63, 3.8) is 0 Å². The summed E-state index contributed by atoms with van der Waals surface area (Å²) < 4.78 is 10.9. The SMILES string of the molecule is CCOc1ccc(C2NCCc3ccc(OC)cc32)cc1. The van der Waals surface area contributed by atoms with Crippen LogP contribution in [0.2, 0.25) is 0 Å². The van der Waals surface area contributed by atoms with Gasteiger partial charge < -0.3 is 14.8 Å². The van der Waals surface area contributed by atoms with E-state index in [2.05, 4.69) is 29.6 Å². The summed E-state index contributed by atoms with van der Waals surface area (Å²) >= 11 is 0. The van der Waals surface area contributed by atoms with Gasteiger partial charge in [-0.3, -0.25) is 0 Å². The molecule has 0 radical (unpaired) electrons. The van der Waals surface area contributed by atoms with Gasteiger partial charge in [-0.05, 0) is 54.3 Å². The molecule has 3 nitrogen and oxygen atoms in total. The molecule has 1 unspecified atom stereocenters. The topological polar surface area (TPSA) is 30.5 Å². The highest BCUT2D eigenvalue weighted by Gasteiger charge is 2.21. The molecule has 3 heteroatoms. The van der Waals surface area contributed by atoms with Gasteiger partial charge in [0.1, 0.15) is 11.5 Å². The van der Waals surface area contributed by atoms with Crippen LogP contribution in [0.1, 0.15) is 29.7 Å². The lowest BCUT2D eigenvalue weighted by Gasteiger charge is -2.28. The van der Waals surface area contributed by atoms with Crippen LogP contribution in [0, 0.1) is 0 Å². The van der Waals surface area contributed by atoms with Crippen LogP contribution in [-0.2, 0) is 6.42 Å². The monoisotopic (exact) mass is 283 g/mol. The molecule has 0 fully saturated rings. The smallest absolute Gasteiger partial charge is 0.119 e. The van der Waals surface area contributed by atoms with Crippen LogP contribution in [0.3, 0.4) is 0 Å². The Kier molecular flexibility index (Phi) is 4.11. The fraction of sp³-hybridized carbons (Fsp3) is 0.333. The number of hydrogen-bond acceptors (Lipinski definition) is 3. The first kappa shape index (κ1) is 14.0. The summed E-state index contributed by atoms with van der Waals surface area (Å²) in [5.41, 5.74) is 3.96. The van der Waals surface area contributed by atoms with E-state index in [0.717, 1.165) is 24.5 Å². The van der Waals surface area contributed by atoms with Crippen molar-refractivity contribution in [3.05, 3.63) is 59.2 Å². The average Bonchev–Trinajstić information content (AvgIpc) is 2.55. The van der Waals surface area contributed by atoms with Gasteiger partial charge in [0.25, 0.3) is 0 Å². The van der Waals surface area contributed by atoms with E-state index in [-0.39, 0.29) is 6.04 Å². The highest BCUT2D eigenvalue weighted by atomic mass is 16.5. The van der Waals surface area contributed by atoms with E-state index >= 15 is 0 Å². The van der Waals surface area contributed by atoms with Crippen molar-refractivity contribution in [1.29, 1.82) is 0 Å². The molecule has 1 aliphatic rings. The van der Waals surface area contributed by atoms with E-state index in [1.165, 1.54) is 16.7 Å². The van der Waals surface area contributed by atoms with Crippen molar-refractivity contribution in [3.8, 4) is 11.5 Å². The molecular formula is C18H21NO2. The zero-order valence-electron chi connectivity index (χ0n) is 12.6. The minimum absolute atomic E-state index is 0.222. The second-order valence-electron chi connectivity index (χ2n) is 5.20. The summed E-state index contributed by atoms with van der Waals surface area (Å²) in [5, 5.41) is 3.60. The summed E-state index contributed by atoms with van der Waals surface area (Å²) in [6.45, 7) is 3.69. The molecule has 2 aromatic carbocycles. The molecule has 0 bridgehead atoms. The highest BCUT2D eigenvalue weighted by molar-refractivity contribution is 5.44. The summed E-state index contributed by atoms with van der Waals surface area (Å²) in [4.78, 5) is 0. The van der Waals surface area contributed by atoms with E-state index < -0.39 is 0 Å². The largest absolute Gasteiger partial charge is 0.497 e. The number of nitrogens with one attached hydrogen (secondary N) is 1. The van der Waals surface area contributed by atoms with Crippen molar-refractivity contribution in [2.75, 3.05) is 20.3 Å². The molecule has 0 spiro atoms. The quantitative estimate of drug-likeness (QED) is 0.933. The van der Waals surface area contributed by atoms with E-state index in [1.54, 1.807) is 7.11 Å². The third kappa shape index (κ3) is 2.88. The second kappa shape index (κ2) is 6.19. The van der Waals surface area contributed by atoms with Crippen LogP contribution in [0.5, 0.6) is 11.5 Å². The predicted molar refractivity (Wildman–Crippen MR) is 84.2 cm³/mol. The standard InChI is InChI=1S/C18H21NO2/c1-3-21-15-7-5-14(6-8-15)18-17-12-16(20-2)9-4-13(17)10-11-19-18/h4-9,12,18-19H,3,10-11H2,1-2H3. The third-order valence-corrected chi connectivity index (χ3v) is 3.93. The Morgan fingerprint density at radius 1 is 1.10 bits per heavy atom. The van der Waals surface area contributed by atoms with E-state index in [1.807, 2.05) is 25.1 Å². The normalized spacial score (nSPS) is 17.1. The molecule has 3 rings (SSSR count). The first-order valence-corrected chi connectivity index (χ1v) is 7.44. The summed E-state index contributed by atoms with van der Waals surface area (Å²) in [5.74, 6) is 1.83. The van der Waals surface area contributed by atoms with Gasteiger partial charge in [0.05, 0.1) is 19.8 Å². The number of fused-ring (bicyclic) bond motifs is 1. The van der Waals surface area contributed by atoms with Crippen molar-refractivity contribution < 1.29 is 9.47 Å². The molecule has 1 aliphatic heterocycles. The predicted octanol–water partition coefficient (Wildman–Crippen LogP) is 3.33. The Hall–Kier alpha value is -2.00. The van der Waals surface area contributed by atoms with Crippen molar-refractivity contribution >= 4 is 0 Å². The lowest BCUT2D eigenvalue weighted by atomic mass is 9.89. The number of hydrogen-bond donors (Lipinski definition) is 1. The zero-order valence-corrected chi connectivity index (χ0v) is 12.6. The molecule has 0 saturated heterocycles. The van der Waals surface area contributed by atoms with Crippen LogP contribution < -0.4 is 14.8 Å². The molecule has 0 saturated carbocycles. The molecule has 1 N–H and O–H groups in total. The number of ether oxygens (including phenoxy) is 2. The molecule has 0 aliphatic carbocycles. The van der Waals surface area contributed by atoms with Gasteiger partial charge in [-0.1, -0.05) is 18.2 Å². The van der Waals surface area contributed by atoms with Gasteiger partial charge >= 0.3 is 0 Å². The first-order chi connectivity index (χ1) is 10.3. The average molecular weight is 283 g/mol.